The van der Waals surface area contributed by atoms with Gasteiger partial charge < -0.3 is 20.4 Å². The number of hydrogen-bond donors (Lipinski definition) is 7. The summed E-state index contributed by atoms with van der Waals surface area (Å²) in [5, 5.41) is 49.9. The van der Waals surface area contributed by atoms with Gasteiger partial charge in [-0.3, -0.25) is 26.6 Å². The van der Waals surface area contributed by atoms with Crippen LogP contribution in [0.2, 0.25) is 0 Å². The maximum Gasteiger partial charge on any atom is 0.204 e. The molecule has 0 radical (unpaired) electrons. The summed E-state index contributed by atoms with van der Waals surface area (Å²) in [6, 6.07) is 0. The van der Waals surface area contributed by atoms with E-state index in [1.807, 2.05) is 0 Å². The van der Waals surface area contributed by atoms with Gasteiger partial charge in [0.2, 0.25) is 11.9 Å². The topological polar surface area (TPSA) is 191 Å². The van der Waals surface area contributed by atoms with E-state index in [4.69, 9.17) is 21.3 Å². The van der Waals surface area contributed by atoms with Crippen molar-refractivity contribution in [1.82, 2.24) is 46.2 Å². The van der Waals surface area contributed by atoms with Crippen molar-refractivity contribution in [3.63, 3.8) is 0 Å². The number of aromatic amines is 1. The summed E-state index contributed by atoms with van der Waals surface area (Å²) >= 11 is 0. The number of nitriles is 2. The van der Waals surface area contributed by atoms with Crippen LogP contribution in [-0.4, -0.2) is 77.2 Å². The Morgan fingerprint density at radius 2 is 1.52 bits per heavy atom. The van der Waals surface area contributed by atoms with E-state index in [2.05, 4.69) is 36.4 Å². The Hall–Kier alpha value is -3.42. The molecule has 0 saturated carbocycles. The van der Waals surface area contributed by atoms with Crippen LogP contribution in [-0.2, 0) is 13.1 Å². The van der Waals surface area contributed by atoms with Crippen LogP contribution in [0.15, 0.2) is 0 Å². The predicted octanol–water partition coefficient (Wildman–Crippen LogP) is -2.14. The molecule has 0 atom stereocenters. The normalized spacial score (nSPS) is 9.78. The van der Waals surface area contributed by atoms with E-state index in [0.717, 1.165) is 0 Å². The Bertz CT molecular complexity index is 625. The Morgan fingerprint density at radius 3 is 2.04 bits per heavy atom. The van der Waals surface area contributed by atoms with Crippen molar-refractivity contribution in [3.8, 4) is 12.4 Å². The average Bonchev–Trinajstić information content (AvgIpc) is 3.10. The van der Waals surface area contributed by atoms with Crippen LogP contribution in [0.1, 0.15) is 11.6 Å². The molecule has 0 spiro atoms. The molecule has 0 fully saturated rings. The zero-order chi connectivity index (χ0) is 20.1. The molecule has 146 valence electrons. The average molecular weight is 375 g/mol. The molecule has 13 nitrogen and oxygen atoms in total. The molecule has 0 unspecified atom stereocenters. The second kappa shape index (κ2) is 12.0. The third kappa shape index (κ3) is 8.48. The number of H-pyrrole nitrogens is 1. The summed E-state index contributed by atoms with van der Waals surface area (Å²) < 4.78 is 0. The van der Waals surface area contributed by atoms with Crippen molar-refractivity contribution in [2.45, 2.75) is 13.1 Å². The predicted molar refractivity (Wildman–Crippen MR) is 98.0 cm³/mol. The molecule has 0 aromatic carbocycles. The maximum atomic E-state index is 8.46. The quantitative estimate of drug-likeness (QED) is 0.0780. The van der Waals surface area contributed by atoms with Crippen LogP contribution < -0.4 is 21.3 Å². The van der Waals surface area contributed by atoms with Crippen molar-refractivity contribution >= 4 is 11.9 Å². The van der Waals surface area contributed by atoms with Gasteiger partial charge in [-0.2, -0.15) is 15.6 Å². The molecule has 0 saturated heterocycles. The third-order valence-electron chi connectivity index (χ3n) is 3.51. The summed E-state index contributed by atoms with van der Waals surface area (Å²) in [4.78, 5) is 7.60. The molecule has 1 aromatic rings. The summed E-state index contributed by atoms with van der Waals surface area (Å²) in [6.07, 6.45) is 3.42. The summed E-state index contributed by atoms with van der Waals surface area (Å²) in [5.41, 5.74) is 0. The van der Waals surface area contributed by atoms with E-state index in [1.54, 1.807) is 36.3 Å². The van der Waals surface area contributed by atoms with Crippen LogP contribution in [0.5, 0.6) is 0 Å². The Morgan fingerprint density at radius 1 is 1.00 bits per heavy atom. The van der Waals surface area contributed by atoms with Crippen LogP contribution in [0.3, 0.4) is 0 Å². The van der Waals surface area contributed by atoms with Gasteiger partial charge in [0.25, 0.3) is 0 Å². The fraction of sp³-hybridized carbons (Fsp3) is 0.571. The first-order chi connectivity index (χ1) is 13.0. The summed E-state index contributed by atoms with van der Waals surface area (Å²) in [6.45, 7) is 3.37. The Kier molecular flexibility index (Phi) is 9.62. The lowest BCUT2D eigenvalue weighted by Gasteiger charge is -2.18. The van der Waals surface area contributed by atoms with Gasteiger partial charge in [-0.15, -0.1) is 0 Å². The van der Waals surface area contributed by atoms with Gasteiger partial charge in [0.05, 0.1) is 13.1 Å². The molecule has 7 N–H and O–H groups in total. The molecular weight excluding hydrogens is 350 g/mol. The third-order valence-corrected chi connectivity index (χ3v) is 3.51. The smallest absolute Gasteiger partial charge is 0.204 e. The van der Waals surface area contributed by atoms with Crippen molar-refractivity contribution < 1.29 is 0 Å². The second-order valence-electron chi connectivity index (χ2n) is 5.57. The van der Waals surface area contributed by atoms with Crippen LogP contribution in [0.4, 0.5) is 0 Å². The molecule has 0 amide bonds. The standard InChI is InChI=1S/C14H25N13/c1-26(13(17)21-9-15)5-3-19-7-11-23-12(25-24-11)8-20-4-6-27(2)14(18)22-10-16/h19-20H,3-8H2,1-2H3,(H2,17,21)(H2,18,22)(H,23,24,25). The molecule has 1 aromatic heterocycles. The molecule has 0 aliphatic rings. The number of likely N-dealkylation sites (N-methyl/N-ethyl adjacent to an activating group) is 2. The van der Waals surface area contributed by atoms with E-state index in [1.165, 1.54) is 0 Å². The zero-order valence-electron chi connectivity index (χ0n) is 15.4. The minimum atomic E-state index is 0.0507. The van der Waals surface area contributed by atoms with Gasteiger partial charge in [-0.25, -0.2) is 4.98 Å². The highest BCUT2D eigenvalue weighted by molar-refractivity contribution is 5.78. The minimum absolute atomic E-state index is 0.0507. The molecular formula is C14H25N13. The highest BCUT2D eigenvalue weighted by Gasteiger charge is 2.06. The van der Waals surface area contributed by atoms with E-state index in [-0.39, 0.29) is 11.9 Å². The summed E-state index contributed by atoms with van der Waals surface area (Å²) in [7, 11) is 3.45. The Balaban J connectivity index is 2.19. The Labute approximate surface area is 157 Å². The van der Waals surface area contributed by atoms with E-state index in [9.17, 15) is 0 Å². The first-order valence-corrected chi connectivity index (χ1v) is 8.19. The molecule has 27 heavy (non-hydrogen) atoms. The lowest BCUT2D eigenvalue weighted by molar-refractivity contribution is 0.465. The van der Waals surface area contributed by atoms with Crippen molar-refractivity contribution in [1.29, 1.82) is 21.3 Å². The highest BCUT2D eigenvalue weighted by atomic mass is 15.3. The van der Waals surface area contributed by atoms with Gasteiger partial charge >= 0.3 is 0 Å². The van der Waals surface area contributed by atoms with E-state index < -0.39 is 0 Å². The highest BCUT2D eigenvalue weighted by Crippen LogP contribution is 1.92. The van der Waals surface area contributed by atoms with Crippen molar-refractivity contribution in [3.05, 3.63) is 11.6 Å². The minimum Gasteiger partial charge on any atom is -0.344 e. The van der Waals surface area contributed by atoms with Crippen molar-refractivity contribution in [2.75, 3.05) is 40.3 Å². The number of rotatable bonds is 10. The van der Waals surface area contributed by atoms with Gasteiger partial charge in [-0.1, -0.05) is 0 Å². The SMILES string of the molecule is CN(CCNCc1n[nH]c(CNCCN(C)C(=N)NC#N)n1)C(=N)NC#N. The maximum absolute atomic E-state index is 8.46. The molecule has 0 aliphatic heterocycles. The van der Waals surface area contributed by atoms with Crippen LogP contribution >= 0.6 is 0 Å². The van der Waals surface area contributed by atoms with Gasteiger partial charge in [-0.05, 0) is 0 Å². The molecule has 0 bridgehead atoms. The molecule has 1 heterocycles. The molecule has 13 heteroatoms. The number of aromatic nitrogens is 3. The first kappa shape index (κ1) is 21.6. The fourth-order valence-electron chi connectivity index (χ4n) is 1.91. The van der Waals surface area contributed by atoms with E-state index in [0.29, 0.717) is 50.9 Å². The van der Waals surface area contributed by atoms with Crippen LogP contribution in [0.25, 0.3) is 0 Å². The van der Waals surface area contributed by atoms with Crippen molar-refractivity contribution in [2.24, 2.45) is 0 Å². The fourth-order valence-corrected chi connectivity index (χ4v) is 1.91. The molecule has 0 aliphatic carbocycles. The first-order valence-electron chi connectivity index (χ1n) is 8.19. The summed E-state index contributed by atoms with van der Waals surface area (Å²) in [5.74, 6) is 1.44. The second-order valence-corrected chi connectivity index (χ2v) is 5.57. The zero-order valence-corrected chi connectivity index (χ0v) is 15.4. The monoisotopic (exact) mass is 375 g/mol. The lowest BCUT2D eigenvalue weighted by Crippen LogP contribution is -2.39. The largest absolute Gasteiger partial charge is 0.344 e. The number of guanidine groups is 2. The number of nitrogens with zero attached hydrogens (tertiary/aromatic N) is 6. The number of hydrogen-bond acceptors (Lipinski definition) is 8. The lowest BCUT2D eigenvalue weighted by atomic mass is 10.5. The van der Waals surface area contributed by atoms with Crippen LogP contribution in [0, 0.1) is 33.7 Å². The van der Waals surface area contributed by atoms with Gasteiger partial charge in [0.1, 0.15) is 5.82 Å². The van der Waals surface area contributed by atoms with Gasteiger partial charge in [0, 0.05) is 40.3 Å². The van der Waals surface area contributed by atoms with Gasteiger partial charge in [0.15, 0.2) is 18.2 Å². The molecule has 1 rings (SSSR count). The van der Waals surface area contributed by atoms with E-state index >= 15 is 0 Å². The number of nitrogens with one attached hydrogen (secondary N) is 7.